The summed E-state index contributed by atoms with van der Waals surface area (Å²) in [4.78, 5) is 0. The monoisotopic (exact) mass is 308 g/mol. The highest BCUT2D eigenvalue weighted by molar-refractivity contribution is 5.73. The predicted molar refractivity (Wildman–Crippen MR) is 95.6 cm³/mol. The molecule has 0 bridgehead atoms. The van der Waals surface area contributed by atoms with E-state index in [1.807, 2.05) is 0 Å². The smallest absolute Gasteiger partial charge is 0.119 e. The van der Waals surface area contributed by atoms with E-state index in [0.29, 0.717) is 12.0 Å². The van der Waals surface area contributed by atoms with E-state index < -0.39 is 0 Å². The first-order valence-electron chi connectivity index (χ1n) is 8.44. The zero-order chi connectivity index (χ0) is 16.0. The van der Waals surface area contributed by atoms with Gasteiger partial charge in [-0.1, -0.05) is 6.07 Å². The van der Waals surface area contributed by atoms with Crippen LogP contribution >= 0.6 is 0 Å². The highest BCUT2D eigenvalue weighted by Crippen LogP contribution is 2.42. The summed E-state index contributed by atoms with van der Waals surface area (Å²) in [6, 6.07) is 11.4. The molecular weight excluding hydrogens is 284 g/mol. The van der Waals surface area contributed by atoms with Crippen LogP contribution in [0, 0.1) is 19.8 Å². The van der Waals surface area contributed by atoms with Gasteiger partial charge in [-0.05, 0) is 73.2 Å². The van der Waals surface area contributed by atoms with Crippen molar-refractivity contribution in [1.29, 1.82) is 0 Å². The van der Waals surface area contributed by atoms with Crippen molar-refractivity contribution >= 4 is 11.4 Å². The molecule has 0 fully saturated rings. The standard InChI is InChI=1S/C20H24N2O/c1-12-8-18-19(9-13(12)2)22-20-15(11-21-18)5-4-14-10-16(23-3)6-7-17(14)20/h6-10,15,20-22H,4-5,11H2,1-3H3. The number of fused-ring (bicyclic) bond motifs is 4. The number of rotatable bonds is 1. The first-order valence-corrected chi connectivity index (χ1v) is 8.44. The van der Waals surface area contributed by atoms with E-state index in [-0.39, 0.29) is 0 Å². The Morgan fingerprint density at radius 2 is 1.83 bits per heavy atom. The maximum absolute atomic E-state index is 5.39. The lowest BCUT2D eigenvalue weighted by Gasteiger charge is -2.33. The number of hydrogen-bond donors (Lipinski definition) is 2. The normalized spacial score (nSPS) is 21.9. The van der Waals surface area contributed by atoms with Crippen molar-refractivity contribution in [3.05, 3.63) is 52.6 Å². The SMILES string of the molecule is COc1ccc2c(c1)CCC1CNc3cc(C)c(C)cc3NC21. The van der Waals surface area contributed by atoms with E-state index in [1.54, 1.807) is 7.11 Å². The third-order valence-corrected chi connectivity index (χ3v) is 5.44. The summed E-state index contributed by atoms with van der Waals surface area (Å²) in [5, 5.41) is 7.48. The summed E-state index contributed by atoms with van der Waals surface area (Å²) in [5.74, 6) is 1.57. The minimum Gasteiger partial charge on any atom is -0.497 e. The van der Waals surface area contributed by atoms with Crippen molar-refractivity contribution in [3.63, 3.8) is 0 Å². The van der Waals surface area contributed by atoms with Gasteiger partial charge in [-0.15, -0.1) is 0 Å². The Balaban J connectivity index is 1.75. The average Bonchev–Trinajstić information content (AvgIpc) is 2.74. The Hall–Kier alpha value is -2.16. The van der Waals surface area contributed by atoms with Crippen molar-refractivity contribution < 1.29 is 4.74 Å². The minimum absolute atomic E-state index is 0.375. The van der Waals surface area contributed by atoms with Crippen LogP contribution < -0.4 is 15.4 Å². The fraction of sp³-hybridized carbons (Fsp3) is 0.400. The molecule has 2 atom stereocenters. The van der Waals surface area contributed by atoms with Gasteiger partial charge in [0.2, 0.25) is 0 Å². The highest BCUT2D eigenvalue weighted by Gasteiger charge is 2.32. The van der Waals surface area contributed by atoms with Crippen LogP contribution in [0.2, 0.25) is 0 Å². The van der Waals surface area contributed by atoms with Gasteiger partial charge in [0.15, 0.2) is 0 Å². The molecule has 1 aliphatic heterocycles. The second-order valence-corrected chi connectivity index (χ2v) is 6.85. The lowest BCUT2D eigenvalue weighted by atomic mass is 9.79. The molecule has 0 radical (unpaired) electrons. The maximum atomic E-state index is 5.39. The van der Waals surface area contributed by atoms with Gasteiger partial charge in [0.05, 0.1) is 24.5 Å². The predicted octanol–water partition coefficient (Wildman–Crippen LogP) is 4.45. The van der Waals surface area contributed by atoms with E-state index >= 15 is 0 Å². The molecule has 2 aromatic carbocycles. The van der Waals surface area contributed by atoms with Gasteiger partial charge in [-0.2, -0.15) is 0 Å². The molecule has 1 heterocycles. The molecule has 4 rings (SSSR count). The molecule has 2 aliphatic rings. The lowest BCUT2D eigenvalue weighted by molar-refractivity contribution is 0.404. The molecule has 2 aromatic rings. The van der Waals surface area contributed by atoms with Crippen molar-refractivity contribution in [2.45, 2.75) is 32.7 Å². The number of ether oxygens (including phenoxy) is 1. The third-order valence-electron chi connectivity index (χ3n) is 5.44. The van der Waals surface area contributed by atoms with Gasteiger partial charge in [-0.3, -0.25) is 0 Å². The highest BCUT2D eigenvalue weighted by atomic mass is 16.5. The van der Waals surface area contributed by atoms with Gasteiger partial charge in [0.1, 0.15) is 5.75 Å². The first-order chi connectivity index (χ1) is 11.2. The van der Waals surface area contributed by atoms with E-state index in [0.717, 1.165) is 18.7 Å². The number of nitrogens with one attached hydrogen (secondary N) is 2. The van der Waals surface area contributed by atoms with Gasteiger partial charge >= 0.3 is 0 Å². The Morgan fingerprint density at radius 1 is 1.04 bits per heavy atom. The number of aryl methyl sites for hydroxylation is 3. The zero-order valence-corrected chi connectivity index (χ0v) is 14.1. The van der Waals surface area contributed by atoms with Crippen molar-refractivity contribution in [3.8, 4) is 5.75 Å². The molecule has 0 saturated carbocycles. The van der Waals surface area contributed by atoms with Crippen molar-refractivity contribution in [2.24, 2.45) is 5.92 Å². The van der Waals surface area contributed by atoms with E-state index in [4.69, 9.17) is 4.74 Å². The molecule has 3 heteroatoms. The first kappa shape index (κ1) is 14.4. The maximum Gasteiger partial charge on any atom is 0.119 e. The molecule has 0 spiro atoms. The molecule has 3 nitrogen and oxygen atoms in total. The van der Waals surface area contributed by atoms with Gasteiger partial charge in [0, 0.05) is 12.5 Å². The van der Waals surface area contributed by atoms with Crippen LogP contribution in [-0.2, 0) is 6.42 Å². The molecule has 2 unspecified atom stereocenters. The minimum atomic E-state index is 0.375. The van der Waals surface area contributed by atoms with Crippen LogP contribution in [0.4, 0.5) is 11.4 Å². The van der Waals surface area contributed by atoms with Gasteiger partial charge < -0.3 is 15.4 Å². The van der Waals surface area contributed by atoms with Crippen LogP contribution in [0.15, 0.2) is 30.3 Å². The Morgan fingerprint density at radius 3 is 2.61 bits per heavy atom. The van der Waals surface area contributed by atoms with E-state index in [2.05, 4.69) is 54.8 Å². The number of anilines is 2. The number of methoxy groups -OCH3 is 1. The molecule has 1 aliphatic carbocycles. The molecule has 0 aromatic heterocycles. The third kappa shape index (κ3) is 2.44. The molecule has 2 N–H and O–H groups in total. The Bertz CT molecular complexity index is 754. The lowest BCUT2D eigenvalue weighted by Crippen LogP contribution is -2.29. The molecular formula is C20H24N2O. The van der Waals surface area contributed by atoms with Crippen molar-refractivity contribution in [1.82, 2.24) is 0 Å². The zero-order valence-electron chi connectivity index (χ0n) is 14.1. The Labute approximate surface area is 138 Å². The average molecular weight is 308 g/mol. The fourth-order valence-corrected chi connectivity index (χ4v) is 3.90. The summed E-state index contributed by atoms with van der Waals surface area (Å²) in [6.45, 7) is 5.38. The second kappa shape index (κ2) is 5.48. The quantitative estimate of drug-likeness (QED) is 0.816. The second-order valence-electron chi connectivity index (χ2n) is 6.85. The van der Waals surface area contributed by atoms with Crippen LogP contribution in [0.1, 0.15) is 34.7 Å². The summed E-state index contributed by atoms with van der Waals surface area (Å²) in [5.41, 5.74) is 7.98. The molecule has 120 valence electrons. The van der Waals surface area contributed by atoms with Crippen molar-refractivity contribution in [2.75, 3.05) is 24.3 Å². The summed E-state index contributed by atoms with van der Waals surface area (Å²) >= 11 is 0. The van der Waals surface area contributed by atoms with Crippen LogP contribution in [0.5, 0.6) is 5.75 Å². The number of hydrogen-bond acceptors (Lipinski definition) is 3. The summed E-state index contributed by atoms with van der Waals surface area (Å²) < 4.78 is 5.39. The summed E-state index contributed by atoms with van der Waals surface area (Å²) in [7, 11) is 1.74. The van der Waals surface area contributed by atoms with E-state index in [9.17, 15) is 0 Å². The number of benzene rings is 2. The fourth-order valence-electron chi connectivity index (χ4n) is 3.90. The molecule has 0 saturated heterocycles. The largest absolute Gasteiger partial charge is 0.497 e. The molecule has 23 heavy (non-hydrogen) atoms. The van der Waals surface area contributed by atoms with Gasteiger partial charge in [-0.25, -0.2) is 0 Å². The molecule has 0 amide bonds. The van der Waals surface area contributed by atoms with Crippen LogP contribution in [0.25, 0.3) is 0 Å². The topological polar surface area (TPSA) is 33.3 Å². The van der Waals surface area contributed by atoms with Gasteiger partial charge in [0.25, 0.3) is 0 Å². The van der Waals surface area contributed by atoms with Crippen LogP contribution in [-0.4, -0.2) is 13.7 Å². The Kier molecular flexibility index (Phi) is 3.44. The van der Waals surface area contributed by atoms with E-state index in [1.165, 1.54) is 40.0 Å². The van der Waals surface area contributed by atoms with Crippen LogP contribution in [0.3, 0.4) is 0 Å². The summed E-state index contributed by atoms with van der Waals surface area (Å²) in [6.07, 6.45) is 2.34.